The fourth-order valence-electron chi connectivity index (χ4n) is 3.42. The van der Waals surface area contributed by atoms with Gasteiger partial charge >= 0.3 is 0 Å². The minimum Gasteiger partial charge on any atom is -0.337 e. The lowest BCUT2D eigenvalue weighted by Crippen LogP contribution is -2.43. The number of hydrogen-bond donors (Lipinski definition) is 0. The van der Waals surface area contributed by atoms with E-state index in [1.165, 1.54) is 6.42 Å². The van der Waals surface area contributed by atoms with Crippen LogP contribution in [0.25, 0.3) is 11.4 Å². The first-order valence-electron chi connectivity index (χ1n) is 8.52. The summed E-state index contributed by atoms with van der Waals surface area (Å²) in [5.74, 6) is 1.67. The number of piperidine rings is 1. The molecule has 1 aromatic heterocycles. The van der Waals surface area contributed by atoms with E-state index in [0.717, 1.165) is 44.2 Å². The number of hydrogen-bond acceptors (Lipinski definition) is 4. The molecule has 120 valence electrons. The fourth-order valence-corrected chi connectivity index (χ4v) is 3.42. The SMILES string of the molecule is O=C(C1CCC1)N1CCCC[C@H]1c1nc(-c2ccccc2)no1. The largest absolute Gasteiger partial charge is 0.337 e. The smallest absolute Gasteiger partial charge is 0.249 e. The highest BCUT2D eigenvalue weighted by Gasteiger charge is 2.37. The van der Waals surface area contributed by atoms with Crippen LogP contribution in [-0.2, 0) is 4.79 Å². The molecule has 2 aromatic rings. The lowest BCUT2D eigenvalue weighted by molar-refractivity contribution is -0.142. The van der Waals surface area contributed by atoms with Crippen LogP contribution in [0.4, 0.5) is 0 Å². The maximum atomic E-state index is 12.7. The van der Waals surface area contributed by atoms with E-state index in [1.807, 2.05) is 35.2 Å². The Labute approximate surface area is 135 Å². The van der Waals surface area contributed by atoms with Gasteiger partial charge in [-0.25, -0.2) is 0 Å². The maximum absolute atomic E-state index is 12.7. The zero-order valence-electron chi connectivity index (χ0n) is 13.1. The van der Waals surface area contributed by atoms with E-state index in [9.17, 15) is 4.79 Å². The summed E-state index contributed by atoms with van der Waals surface area (Å²) < 4.78 is 5.52. The molecular formula is C18H21N3O2. The first-order chi connectivity index (χ1) is 11.3. The summed E-state index contributed by atoms with van der Waals surface area (Å²) in [7, 11) is 0. The lowest BCUT2D eigenvalue weighted by Gasteiger charge is -2.38. The van der Waals surface area contributed by atoms with E-state index in [1.54, 1.807) is 0 Å². The minimum atomic E-state index is -0.0539. The molecule has 23 heavy (non-hydrogen) atoms. The summed E-state index contributed by atoms with van der Waals surface area (Å²) in [6.45, 7) is 0.809. The van der Waals surface area contributed by atoms with Gasteiger partial charge in [0.1, 0.15) is 6.04 Å². The van der Waals surface area contributed by atoms with Crippen LogP contribution < -0.4 is 0 Å². The number of rotatable bonds is 3. The third-order valence-corrected chi connectivity index (χ3v) is 5.00. The Bertz CT molecular complexity index is 679. The molecule has 5 heteroatoms. The Kier molecular flexibility index (Phi) is 3.85. The zero-order chi connectivity index (χ0) is 15.6. The molecule has 0 unspecified atom stereocenters. The predicted molar refractivity (Wildman–Crippen MR) is 85.4 cm³/mol. The first kappa shape index (κ1) is 14.4. The molecule has 2 aliphatic rings. The Morgan fingerprint density at radius 1 is 1.09 bits per heavy atom. The molecule has 0 spiro atoms. The monoisotopic (exact) mass is 311 g/mol. The molecule has 0 N–H and O–H groups in total. The van der Waals surface area contributed by atoms with Crippen LogP contribution in [0.5, 0.6) is 0 Å². The van der Waals surface area contributed by atoms with Gasteiger partial charge in [-0.05, 0) is 32.1 Å². The van der Waals surface area contributed by atoms with Crippen molar-refractivity contribution in [1.82, 2.24) is 15.0 Å². The number of carbonyl (C=O) groups is 1. The molecule has 0 bridgehead atoms. The van der Waals surface area contributed by atoms with Gasteiger partial charge in [0.15, 0.2) is 0 Å². The number of nitrogens with zero attached hydrogens (tertiary/aromatic N) is 3. The molecule has 1 aromatic carbocycles. The van der Waals surface area contributed by atoms with Crippen molar-refractivity contribution in [3.05, 3.63) is 36.2 Å². The summed E-state index contributed by atoms with van der Waals surface area (Å²) in [5.41, 5.74) is 0.940. The average Bonchev–Trinajstić information content (AvgIpc) is 3.04. The van der Waals surface area contributed by atoms with Crippen LogP contribution in [0.3, 0.4) is 0 Å². The highest BCUT2D eigenvalue weighted by molar-refractivity contribution is 5.80. The molecular weight excluding hydrogens is 290 g/mol. The van der Waals surface area contributed by atoms with Gasteiger partial charge in [0.2, 0.25) is 17.6 Å². The molecule has 4 rings (SSSR count). The van der Waals surface area contributed by atoms with Crippen LogP contribution >= 0.6 is 0 Å². The van der Waals surface area contributed by atoms with E-state index in [0.29, 0.717) is 11.7 Å². The summed E-state index contributed by atoms with van der Waals surface area (Å²) in [6.07, 6.45) is 6.31. The number of aromatic nitrogens is 2. The van der Waals surface area contributed by atoms with Crippen molar-refractivity contribution in [1.29, 1.82) is 0 Å². The Morgan fingerprint density at radius 3 is 2.65 bits per heavy atom. The Balaban J connectivity index is 1.57. The van der Waals surface area contributed by atoms with Gasteiger partial charge in [0.05, 0.1) is 0 Å². The van der Waals surface area contributed by atoms with Crippen molar-refractivity contribution in [2.75, 3.05) is 6.54 Å². The minimum absolute atomic E-state index is 0.0539. The predicted octanol–water partition coefficient (Wildman–Crippen LogP) is 3.59. The number of likely N-dealkylation sites (tertiary alicyclic amines) is 1. The van der Waals surface area contributed by atoms with Crippen LogP contribution in [0, 0.1) is 5.92 Å². The van der Waals surface area contributed by atoms with Gasteiger partial charge in [0, 0.05) is 18.0 Å². The fraction of sp³-hybridized carbons (Fsp3) is 0.500. The lowest BCUT2D eigenvalue weighted by atomic mass is 9.83. The molecule has 1 atom stereocenters. The second-order valence-corrected chi connectivity index (χ2v) is 6.49. The van der Waals surface area contributed by atoms with Crippen molar-refractivity contribution in [3.63, 3.8) is 0 Å². The van der Waals surface area contributed by atoms with E-state index in [4.69, 9.17) is 4.52 Å². The summed E-state index contributed by atoms with van der Waals surface area (Å²) >= 11 is 0. The van der Waals surface area contributed by atoms with Crippen molar-refractivity contribution >= 4 is 5.91 Å². The molecule has 1 amide bonds. The molecule has 2 heterocycles. The number of benzene rings is 1. The molecule has 2 fully saturated rings. The highest BCUT2D eigenvalue weighted by atomic mass is 16.5. The highest BCUT2D eigenvalue weighted by Crippen LogP contribution is 2.36. The summed E-state index contributed by atoms with van der Waals surface area (Å²) in [4.78, 5) is 19.2. The topological polar surface area (TPSA) is 59.2 Å². The summed E-state index contributed by atoms with van der Waals surface area (Å²) in [5, 5.41) is 4.11. The van der Waals surface area contributed by atoms with Gasteiger partial charge in [0.25, 0.3) is 0 Å². The van der Waals surface area contributed by atoms with E-state index < -0.39 is 0 Å². The zero-order valence-corrected chi connectivity index (χ0v) is 13.1. The van der Waals surface area contributed by atoms with Crippen LogP contribution in [0.1, 0.15) is 50.5 Å². The van der Waals surface area contributed by atoms with Crippen molar-refractivity contribution in [3.8, 4) is 11.4 Å². The van der Waals surface area contributed by atoms with Gasteiger partial charge in [-0.15, -0.1) is 0 Å². The van der Waals surface area contributed by atoms with Gasteiger partial charge < -0.3 is 9.42 Å². The van der Waals surface area contributed by atoms with Crippen molar-refractivity contribution < 1.29 is 9.32 Å². The third-order valence-electron chi connectivity index (χ3n) is 5.00. The van der Waals surface area contributed by atoms with Crippen LogP contribution in [0.2, 0.25) is 0 Å². The van der Waals surface area contributed by atoms with Gasteiger partial charge in [-0.3, -0.25) is 4.79 Å². The van der Waals surface area contributed by atoms with Crippen molar-refractivity contribution in [2.45, 2.75) is 44.6 Å². The molecule has 0 radical (unpaired) electrons. The Morgan fingerprint density at radius 2 is 1.91 bits per heavy atom. The average molecular weight is 311 g/mol. The molecule has 1 saturated carbocycles. The van der Waals surface area contributed by atoms with E-state index in [2.05, 4.69) is 10.1 Å². The second kappa shape index (κ2) is 6.14. The summed E-state index contributed by atoms with van der Waals surface area (Å²) in [6, 6.07) is 9.75. The maximum Gasteiger partial charge on any atom is 0.249 e. The third kappa shape index (κ3) is 2.76. The number of amides is 1. The van der Waals surface area contributed by atoms with Crippen LogP contribution in [-0.4, -0.2) is 27.5 Å². The standard InChI is InChI=1S/C18H21N3O2/c22-18(14-9-6-10-14)21-12-5-4-11-15(21)17-19-16(20-23-17)13-7-2-1-3-8-13/h1-3,7-8,14-15H,4-6,9-12H2/t15-/m0/s1. The van der Waals surface area contributed by atoms with Gasteiger partial charge in [-0.1, -0.05) is 41.9 Å². The second-order valence-electron chi connectivity index (χ2n) is 6.49. The molecule has 5 nitrogen and oxygen atoms in total. The molecule has 1 aliphatic heterocycles. The van der Waals surface area contributed by atoms with E-state index >= 15 is 0 Å². The first-order valence-corrected chi connectivity index (χ1v) is 8.52. The quantitative estimate of drug-likeness (QED) is 0.869. The van der Waals surface area contributed by atoms with Crippen LogP contribution in [0.15, 0.2) is 34.9 Å². The van der Waals surface area contributed by atoms with Crippen molar-refractivity contribution in [2.24, 2.45) is 5.92 Å². The Hall–Kier alpha value is -2.17. The van der Waals surface area contributed by atoms with Gasteiger partial charge in [-0.2, -0.15) is 4.98 Å². The normalized spacial score (nSPS) is 21.9. The van der Waals surface area contributed by atoms with E-state index in [-0.39, 0.29) is 17.9 Å². The number of carbonyl (C=O) groups excluding carboxylic acids is 1. The molecule has 1 saturated heterocycles. The molecule has 1 aliphatic carbocycles.